The third-order valence-electron chi connectivity index (χ3n) is 4.69. The summed E-state index contributed by atoms with van der Waals surface area (Å²) in [6.07, 6.45) is 7.16. The Balaban J connectivity index is 1.45. The molecule has 114 valence electrons. The van der Waals surface area contributed by atoms with Gasteiger partial charge in [0.25, 0.3) is 0 Å². The van der Waals surface area contributed by atoms with Crippen LogP contribution < -0.4 is 5.32 Å². The number of pyridine rings is 1. The lowest BCUT2D eigenvalue weighted by atomic mass is 10.1. The third-order valence-corrected chi connectivity index (χ3v) is 4.69. The maximum absolute atomic E-state index is 4.61. The topological polar surface area (TPSA) is 28.2 Å². The zero-order valence-corrected chi connectivity index (χ0v) is 12.9. The molecule has 1 atom stereocenters. The minimum Gasteiger partial charge on any atom is -0.367 e. The molecule has 0 bridgehead atoms. The van der Waals surface area contributed by atoms with Gasteiger partial charge in [0, 0.05) is 24.8 Å². The van der Waals surface area contributed by atoms with Crippen molar-refractivity contribution in [3.8, 4) is 0 Å². The first-order valence-electron chi connectivity index (χ1n) is 8.39. The molecule has 1 aliphatic carbocycles. The average Bonchev–Trinajstić information content (AvgIpc) is 3.26. The molecule has 2 aromatic rings. The van der Waals surface area contributed by atoms with E-state index in [9.17, 15) is 0 Å². The van der Waals surface area contributed by atoms with E-state index in [4.69, 9.17) is 0 Å². The molecule has 1 saturated heterocycles. The van der Waals surface area contributed by atoms with E-state index in [1.807, 2.05) is 0 Å². The summed E-state index contributed by atoms with van der Waals surface area (Å²) < 4.78 is 0. The molecule has 1 saturated carbocycles. The summed E-state index contributed by atoms with van der Waals surface area (Å²) in [7, 11) is 0. The fraction of sp³-hybridized carbons (Fsp3) is 0.421. The SMILES string of the molecule is c1ccc(CN2CCCC2c2ccc(NC3CC3)nc2)cc1. The number of benzene rings is 1. The van der Waals surface area contributed by atoms with Gasteiger partial charge >= 0.3 is 0 Å². The van der Waals surface area contributed by atoms with Crippen molar-refractivity contribution in [2.45, 2.75) is 44.3 Å². The van der Waals surface area contributed by atoms with Gasteiger partial charge in [-0.05, 0) is 49.4 Å². The van der Waals surface area contributed by atoms with Gasteiger partial charge in [0.2, 0.25) is 0 Å². The number of hydrogen-bond acceptors (Lipinski definition) is 3. The molecule has 22 heavy (non-hydrogen) atoms. The molecule has 1 unspecified atom stereocenters. The maximum Gasteiger partial charge on any atom is 0.126 e. The second-order valence-corrected chi connectivity index (χ2v) is 6.51. The molecule has 0 spiro atoms. The van der Waals surface area contributed by atoms with Crippen LogP contribution in [0.25, 0.3) is 0 Å². The lowest BCUT2D eigenvalue weighted by molar-refractivity contribution is 0.248. The third kappa shape index (κ3) is 3.14. The molecular formula is C19H23N3. The number of likely N-dealkylation sites (tertiary alicyclic amines) is 1. The highest BCUT2D eigenvalue weighted by atomic mass is 15.2. The Morgan fingerprint density at radius 3 is 2.64 bits per heavy atom. The van der Waals surface area contributed by atoms with Gasteiger partial charge in [0.1, 0.15) is 5.82 Å². The first-order valence-corrected chi connectivity index (χ1v) is 8.39. The predicted octanol–water partition coefficient (Wildman–Crippen LogP) is 3.99. The Morgan fingerprint density at radius 2 is 1.91 bits per heavy atom. The van der Waals surface area contributed by atoms with Crippen LogP contribution >= 0.6 is 0 Å². The first-order chi connectivity index (χ1) is 10.9. The van der Waals surface area contributed by atoms with Crippen molar-refractivity contribution in [3.63, 3.8) is 0 Å². The smallest absolute Gasteiger partial charge is 0.126 e. The molecule has 0 amide bonds. The van der Waals surface area contributed by atoms with Crippen molar-refractivity contribution in [2.24, 2.45) is 0 Å². The van der Waals surface area contributed by atoms with E-state index in [0.717, 1.165) is 12.4 Å². The Morgan fingerprint density at radius 1 is 1.05 bits per heavy atom. The molecule has 1 aliphatic heterocycles. The molecule has 1 N–H and O–H groups in total. The van der Waals surface area contributed by atoms with E-state index in [1.165, 1.54) is 43.4 Å². The largest absolute Gasteiger partial charge is 0.367 e. The summed E-state index contributed by atoms with van der Waals surface area (Å²) in [5.41, 5.74) is 2.75. The summed E-state index contributed by atoms with van der Waals surface area (Å²) in [4.78, 5) is 7.19. The van der Waals surface area contributed by atoms with Crippen molar-refractivity contribution >= 4 is 5.82 Å². The van der Waals surface area contributed by atoms with Gasteiger partial charge in [-0.3, -0.25) is 4.90 Å². The van der Waals surface area contributed by atoms with Crippen molar-refractivity contribution in [1.29, 1.82) is 0 Å². The number of aromatic nitrogens is 1. The zero-order chi connectivity index (χ0) is 14.8. The highest BCUT2D eigenvalue weighted by Crippen LogP contribution is 2.33. The van der Waals surface area contributed by atoms with Crippen LogP contribution in [0, 0.1) is 0 Å². The van der Waals surface area contributed by atoms with Crippen molar-refractivity contribution in [3.05, 3.63) is 59.8 Å². The van der Waals surface area contributed by atoms with Crippen LogP contribution in [0.3, 0.4) is 0 Å². The number of nitrogens with zero attached hydrogens (tertiary/aromatic N) is 2. The zero-order valence-electron chi connectivity index (χ0n) is 12.9. The lowest BCUT2D eigenvalue weighted by Gasteiger charge is -2.24. The summed E-state index contributed by atoms with van der Waals surface area (Å²) in [6, 6.07) is 16.4. The van der Waals surface area contributed by atoms with Crippen LogP contribution in [-0.2, 0) is 6.54 Å². The Labute approximate surface area is 132 Å². The summed E-state index contributed by atoms with van der Waals surface area (Å²) in [5, 5.41) is 3.46. The van der Waals surface area contributed by atoms with E-state index in [2.05, 4.69) is 63.9 Å². The van der Waals surface area contributed by atoms with Gasteiger partial charge in [0.05, 0.1) is 0 Å². The van der Waals surface area contributed by atoms with Gasteiger partial charge < -0.3 is 5.32 Å². The van der Waals surface area contributed by atoms with Crippen LogP contribution in [-0.4, -0.2) is 22.5 Å². The fourth-order valence-electron chi connectivity index (χ4n) is 3.34. The average molecular weight is 293 g/mol. The quantitative estimate of drug-likeness (QED) is 0.903. The van der Waals surface area contributed by atoms with Crippen molar-refractivity contribution in [1.82, 2.24) is 9.88 Å². The number of rotatable bonds is 5. The molecule has 1 aromatic carbocycles. The molecule has 2 aliphatic rings. The standard InChI is InChI=1S/C19H23N3/c1-2-5-15(6-3-1)14-22-12-4-7-18(22)16-8-11-19(20-13-16)21-17-9-10-17/h1-3,5-6,8,11,13,17-18H,4,7,9-10,12,14H2,(H,20,21). The summed E-state index contributed by atoms with van der Waals surface area (Å²) in [6.45, 7) is 2.22. The van der Waals surface area contributed by atoms with Gasteiger partial charge in [0.15, 0.2) is 0 Å². The molecule has 2 heterocycles. The number of hydrogen-bond donors (Lipinski definition) is 1. The van der Waals surface area contributed by atoms with Crippen LogP contribution in [0.1, 0.15) is 42.9 Å². The normalized spacial score (nSPS) is 21.9. The van der Waals surface area contributed by atoms with Crippen LogP contribution in [0.2, 0.25) is 0 Å². The molecule has 0 radical (unpaired) electrons. The van der Waals surface area contributed by atoms with Crippen molar-refractivity contribution in [2.75, 3.05) is 11.9 Å². The minimum absolute atomic E-state index is 0.516. The van der Waals surface area contributed by atoms with Crippen LogP contribution in [0.5, 0.6) is 0 Å². The Bertz CT molecular complexity index is 604. The molecule has 1 aromatic heterocycles. The Hall–Kier alpha value is -1.87. The summed E-state index contributed by atoms with van der Waals surface area (Å²) >= 11 is 0. The van der Waals surface area contributed by atoms with Crippen LogP contribution in [0.15, 0.2) is 48.7 Å². The predicted molar refractivity (Wildman–Crippen MR) is 89.7 cm³/mol. The molecule has 3 nitrogen and oxygen atoms in total. The van der Waals surface area contributed by atoms with Crippen molar-refractivity contribution < 1.29 is 0 Å². The Kier molecular flexibility index (Phi) is 3.81. The molecule has 3 heteroatoms. The fourth-order valence-corrected chi connectivity index (χ4v) is 3.34. The van der Waals surface area contributed by atoms with E-state index >= 15 is 0 Å². The maximum atomic E-state index is 4.61. The molecular weight excluding hydrogens is 270 g/mol. The second kappa shape index (κ2) is 6.09. The highest BCUT2D eigenvalue weighted by Gasteiger charge is 2.26. The first kappa shape index (κ1) is 13.8. The van der Waals surface area contributed by atoms with Gasteiger partial charge in [-0.1, -0.05) is 36.4 Å². The van der Waals surface area contributed by atoms with E-state index in [0.29, 0.717) is 12.1 Å². The summed E-state index contributed by atoms with van der Waals surface area (Å²) in [5.74, 6) is 1.03. The minimum atomic E-state index is 0.516. The van der Waals surface area contributed by atoms with E-state index in [-0.39, 0.29) is 0 Å². The monoisotopic (exact) mass is 293 g/mol. The number of nitrogens with one attached hydrogen (secondary N) is 1. The second-order valence-electron chi connectivity index (χ2n) is 6.51. The molecule has 2 fully saturated rings. The highest BCUT2D eigenvalue weighted by molar-refractivity contribution is 5.38. The van der Waals surface area contributed by atoms with E-state index < -0.39 is 0 Å². The van der Waals surface area contributed by atoms with Crippen LogP contribution in [0.4, 0.5) is 5.82 Å². The lowest BCUT2D eigenvalue weighted by Crippen LogP contribution is -2.22. The van der Waals surface area contributed by atoms with Gasteiger partial charge in [-0.2, -0.15) is 0 Å². The van der Waals surface area contributed by atoms with E-state index in [1.54, 1.807) is 0 Å². The van der Waals surface area contributed by atoms with Gasteiger partial charge in [-0.25, -0.2) is 4.98 Å². The molecule has 4 rings (SSSR count). The number of anilines is 1. The van der Waals surface area contributed by atoms with Gasteiger partial charge in [-0.15, -0.1) is 0 Å².